The Morgan fingerprint density at radius 3 is 2.66 bits per heavy atom. The van der Waals surface area contributed by atoms with Gasteiger partial charge in [-0.25, -0.2) is 14.0 Å². The quantitative estimate of drug-likeness (QED) is 0.298. The average molecular weight is 537 g/mol. The molecule has 2 aromatic rings. The maximum absolute atomic E-state index is 12.8. The molecule has 9 nitrogen and oxygen atoms in total. The number of para-hydroxylation sites is 1. The first kappa shape index (κ1) is 27.3. The Balaban J connectivity index is 1.21. The molecule has 38 heavy (non-hydrogen) atoms. The number of nitrogens with zero attached hydrogens (tertiary/aromatic N) is 2. The number of carboxylic acid groups (broad SMARTS) is 1. The molecule has 4 rings (SSSR count). The summed E-state index contributed by atoms with van der Waals surface area (Å²) in [6.07, 6.45) is 7.25. The third kappa shape index (κ3) is 6.74. The first-order valence-corrected chi connectivity index (χ1v) is 14.2. The van der Waals surface area contributed by atoms with Crippen LogP contribution in [0.25, 0.3) is 0 Å². The first-order chi connectivity index (χ1) is 18.3. The molecule has 0 spiro atoms. The van der Waals surface area contributed by atoms with Crippen LogP contribution in [0.2, 0.25) is 0 Å². The van der Waals surface area contributed by atoms with E-state index in [1.807, 2.05) is 0 Å². The van der Waals surface area contributed by atoms with Crippen LogP contribution in [0.15, 0.2) is 41.4 Å². The highest BCUT2D eigenvalue weighted by Crippen LogP contribution is 2.26. The van der Waals surface area contributed by atoms with E-state index >= 15 is 0 Å². The molecule has 0 bridgehead atoms. The average Bonchev–Trinajstić information content (AvgIpc) is 3.30. The van der Waals surface area contributed by atoms with E-state index in [0.717, 1.165) is 31.4 Å². The van der Waals surface area contributed by atoms with Gasteiger partial charge in [0.1, 0.15) is 11.8 Å². The molecule has 0 radical (unpaired) electrons. The van der Waals surface area contributed by atoms with Crippen molar-refractivity contribution in [2.45, 2.75) is 63.8 Å². The summed E-state index contributed by atoms with van der Waals surface area (Å²) >= 11 is 0. The first-order valence-electron chi connectivity index (χ1n) is 12.9. The fourth-order valence-electron chi connectivity index (χ4n) is 4.73. The second-order valence-electron chi connectivity index (χ2n) is 9.48. The number of carboxylic acids is 1. The summed E-state index contributed by atoms with van der Waals surface area (Å²) < 4.78 is 12.2. The van der Waals surface area contributed by atoms with Crippen molar-refractivity contribution in [2.24, 2.45) is 4.99 Å². The Labute approximate surface area is 223 Å². The lowest BCUT2D eigenvalue weighted by atomic mass is 9.95. The zero-order chi connectivity index (χ0) is 27.1. The summed E-state index contributed by atoms with van der Waals surface area (Å²) in [5.41, 5.74) is 4.53. The fraction of sp³-hybridized carbons (Fsp3) is 0.393. The van der Waals surface area contributed by atoms with Crippen LogP contribution >= 0.6 is 0 Å². The number of aromatic nitrogens is 1. The van der Waals surface area contributed by atoms with Crippen LogP contribution in [0, 0.1) is 0 Å². The molecule has 1 aliphatic carbocycles. The Morgan fingerprint density at radius 1 is 1.08 bits per heavy atom. The summed E-state index contributed by atoms with van der Waals surface area (Å²) in [6.45, 7) is 0.0903. The fourth-order valence-corrected chi connectivity index (χ4v) is 5.50. The molecular formula is C28H32N4O5S. The molecule has 1 aromatic heterocycles. The number of hydrogen-bond donors (Lipinski definition) is 3. The normalized spacial score (nSPS) is 14.6. The molecule has 1 aliphatic heterocycles. The summed E-state index contributed by atoms with van der Waals surface area (Å²) in [7, 11) is -1.74. The number of amides is 2. The van der Waals surface area contributed by atoms with Crippen LogP contribution < -0.4 is 10.6 Å². The van der Waals surface area contributed by atoms with Gasteiger partial charge in [-0.05, 0) is 74.9 Å². The molecule has 0 fully saturated rings. The number of carbonyl (C=O) groups is 3. The van der Waals surface area contributed by atoms with Crippen molar-refractivity contribution in [1.82, 2.24) is 15.6 Å². The largest absolute Gasteiger partial charge is 0.480 e. The molecule has 1 aromatic carbocycles. The van der Waals surface area contributed by atoms with Crippen molar-refractivity contribution in [1.29, 1.82) is 0 Å². The SMILES string of the molecule is C=S(=O)=C1C(C(=O)NC(CCNC(=O)CCCCc2ccc3c(n2)CCCC3)C(=O)O)=Nc2ccccc21. The van der Waals surface area contributed by atoms with Crippen LogP contribution in [0.4, 0.5) is 5.69 Å². The summed E-state index contributed by atoms with van der Waals surface area (Å²) in [5.74, 6) is 1.35. The second kappa shape index (κ2) is 12.6. The predicted molar refractivity (Wildman–Crippen MR) is 149 cm³/mol. The number of fused-ring (bicyclic) bond motifs is 2. The van der Waals surface area contributed by atoms with Gasteiger partial charge in [0.25, 0.3) is 5.91 Å². The van der Waals surface area contributed by atoms with Gasteiger partial charge in [-0.3, -0.25) is 14.6 Å². The van der Waals surface area contributed by atoms with Gasteiger partial charge in [0, 0.05) is 39.9 Å². The van der Waals surface area contributed by atoms with Gasteiger partial charge in [0.05, 0.1) is 10.6 Å². The Hall–Kier alpha value is -3.79. The number of benzene rings is 1. The second-order valence-corrected chi connectivity index (χ2v) is 10.6. The van der Waals surface area contributed by atoms with Crippen LogP contribution in [-0.2, 0) is 43.6 Å². The highest BCUT2D eigenvalue weighted by Gasteiger charge is 2.30. The van der Waals surface area contributed by atoms with Crippen molar-refractivity contribution < 1.29 is 23.7 Å². The zero-order valence-corrected chi connectivity index (χ0v) is 22.0. The number of carbonyl (C=O) groups excluding carboxylic acids is 2. The van der Waals surface area contributed by atoms with Gasteiger partial charge in [0.15, 0.2) is 0 Å². The zero-order valence-electron chi connectivity index (χ0n) is 21.2. The number of unbranched alkanes of at least 4 members (excludes halogenated alkanes) is 1. The number of nitrogens with one attached hydrogen (secondary N) is 2. The minimum absolute atomic E-state index is 0.00507. The van der Waals surface area contributed by atoms with Gasteiger partial charge in [-0.15, -0.1) is 0 Å². The van der Waals surface area contributed by atoms with Gasteiger partial charge in [-0.2, -0.15) is 0 Å². The monoisotopic (exact) mass is 536 g/mol. The number of aliphatic carboxylic acids is 1. The minimum atomic E-state index is -1.74. The Morgan fingerprint density at radius 2 is 1.87 bits per heavy atom. The maximum atomic E-state index is 12.8. The lowest BCUT2D eigenvalue weighted by Gasteiger charge is -2.15. The van der Waals surface area contributed by atoms with Crippen molar-refractivity contribution in [3.63, 3.8) is 0 Å². The number of aliphatic imine (C=N–C) groups is 1. The van der Waals surface area contributed by atoms with Gasteiger partial charge in [-0.1, -0.05) is 24.3 Å². The number of aryl methyl sites for hydroxylation is 3. The molecule has 1 atom stereocenters. The summed E-state index contributed by atoms with van der Waals surface area (Å²) in [6, 6.07) is 9.84. The molecule has 200 valence electrons. The van der Waals surface area contributed by atoms with Crippen molar-refractivity contribution >= 4 is 49.9 Å². The van der Waals surface area contributed by atoms with E-state index < -0.39 is 27.9 Å². The Bertz CT molecular complexity index is 1410. The van der Waals surface area contributed by atoms with E-state index in [0.29, 0.717) is 24.1 Å². The third-order valence-electron chi connectivity index (χ3n) is 6.72. The molecule has 2 heterocycles. The van der Waals surface area contributed by atoms with Crippen LogP contribution in [0.5, 0.6) is 0 Å². The van der Waals surface area contributed by atoms with E-state index in [2.05, 4.69) is 33.6 Å². The maximum Gasteiger partial charge on any atom is 0.326 e. The number of hydrogen-bond acceptors (Lipinski definition) is 6. The van der Waals surface area contributed by atoms with Gasteiger partial charge in [0.2, 0.25) is 5.91 Å². The number of pyridine rings is 1. The van der Waals surface area contributed by atoms with E-state index in [9.17, 15) is 23.7 Å². The molecule has 1 unspecified atom stereocenters. The van der Waals surface area contributed by atoms with Crippen molar-refractivity contribution in [2.75, 3.05) is 6.54 Å². The van der Waals surface area contributed by atoms with E-state index in [1.54, 1.807) is 24.3 Å². The summed E-state index contributed by atoms with van der Waals surface area (Å²) in [4.78, 5) is 46.0. The lowest BCUT2D eigenvalue weighted by Crippen LogP contribution is -2.47. The molecule has 3 N–H and O–H groups in total. The van der Waals surface area contributed by atoms with E-state index in [4.69, 9.17) is 4.98 Å². The molecule has 0 saturated heterocycles. The van der Waals surface area contributed by atoms with E-state index in [-0.39, 0.29) is 29.4 Å². The molecule has 0 saturated carbocycles. The minimum Gasteiger partial charge on any atom is -0.480 e. The van der Waals surface area contributed by atoms with Crippen LogP contribution in [0.1, 0.15) is 61.0 Å². The van der Waals surface area contributed by atoms with Gasteiger partial charge >= 0.3 is 5.97 Å². The highest BCUT2D eigenvalue weighted by atomic mass is 32.1. The molecule has 10 heteroatoms. The topological polar surface area (TPSA) is 138 Å². The summed E-state index contributed by atoms with van der Waals surface area (Å²) in [5, 5.41) is 14.7. The third-order valence-corrected chi connectivity index (χ3v) is 7.59. The molecular weight excluding hydrogens is 504 g/mol. The van der Waals surface area contributed by atoms with Gasteiger partial charge < -0.3 is 15.7 Å². The molecule has 2 aliphatic rings. The molecule has 2 amide bonds. The highest BCUT2D eigenvalue weighted by molar-refractivity contribution is 7.85. The van der Waals surface area contributed by atoms with Crippen molar-refractivity contribution in [3.05, 3.63) is 58.9 Å². The smallest absolute Gasteiger partial charge is 0.326 e. The van der Waals surface area contributed by atoms with Crippen LogP contribution in [0.3, 0.4) is 0 Å². The Kier molecular flexibility index (Phi) is 9.06. The predicted octanol–water partition coefficient (Wildman–Crippen LogP) is 2.24. The lowest BCUT2D eigenvalue weighted by molar-refractivity contribution is -0.141. The van der Waals surface area contributed by atoms with Crippen LogP contribution in [-0.4, -0.2) is 61.1 Å². The van der Waals surface area contributed by atoms with E-state index in [1.165, 1.54) is 24.1 Å². The standard InChI is InChI=1S/C28H32N4O5S/c1-38(37)26-20-10-4-6-12-22(20)31-25(26)27(34)32-23(28(35)36)16-17-29-24(33)13-7-3-9-19-15-14-18-8-2-5-11-21(18)30-19/h4,6,10,12,14-15,23H,1-3,5,7-9,11,13,16-17H2,(H,29,33)(H,32,34)(H,35,36). The van der Waals surface area contributed by atoms with Crippen molar-refractivity contribution in [3.8, 4) is 0 Å². The number of rotatable bonds is 11.